The van der Waals surface area contributed by atoms with Gasteiger partial charge in [-0.2, -0.15) is 0 Å². The van der Waals surface area contributed by atoms with Gasteiger partial charge < -0.3 is 9.31 Å². The fourth-order valence-electron chi connectivity index (χ4n) is 2.60. The number of hydrogen-bond donors (Lipinski definition) is 0. The molecule has 0 bridgehead atoms. The van der Waals surface area contributed by atoms with E-state index in [0.29, 0.717) is 5.92 Å². The van der Waals surface area contributed by atoms with E-state index in [2.05, 4.69) is 41.5 Å². The highest BCUT2D eigenvalue weighted by Gasteiger charge is 2.50. The van der Waals surface area contributed by atoms with Gasteiger partial charge in [-0.25, -0.2) is 0 Å². The van der Waals surface area contributed by atoms with Gasteiger partial charge >= 0.3 is 7.12 Å². The molecule has 112 valence electrons. The summed E-state index contributed by atoms with van der Waals surface area (Å²) in [5, 5.41) is 0. The van der Waals surface area contributed by atoms with Crippen LogP contribution >= 0.6 is 0 Å². The summed E-state index contributed by atoms with van der Waals surface area (Å²) in [5.74, 6) is 0.691. The van der Waals surface area contributed by atoms with Crippen LogP contribution in [0.1, 0.15) is 80.1 Å². The van der Waals surface area contributed by atoms with E-state index in [-0.39, 0.29) is 18.3 Å². The highest BCUT2D eigenvalue weighted by molar-refractivity contribution is 6.45. The van der Waals surface area contributed by atoms with Gasteiger partial charge in [-0.1, -0.05) is 52.4 Å². The maximum Gasteiger partial charge on any atom is 0.458 e. The zero-order valence-corrected chi connectivity index (χ0v) is 13.9. The Morgan fingerprint density at radius 1 is 0.895 bits per heavy atom. The fourth-order valence-corrected chi connectivity index (χ4v) is 2.60. The second-order valence-electron chi connectivity index (χ2n) is 7.23. The summed E-state index contributed by atoms with van der Waals surface area (Å²) in [7, 11) is -0.0179. The minimum absolute atomic E-state index is 0.0179. The van der Waals surface area contributed by atoms with Crippen LogP contribution in [-0.4, -0.2) is 18.3 Å². The van der Waals surface area contributed by atoms with E-state index in [4.69, 9.17) is 9.31 Å². The fraction of sp³-hybridized carbons (Fsp3) is 1.00. The number of unbranched alkanes of at least 4 members (excludes halogenated alkanes) is 4. The van der Waals surface area contributed by atoms with Crippen LogP contribution in [0.5, 0.6) is 0 Å². The maximum absolute atomic E-state index is 6.06. The van der Waals surface area contributed by atoms with Crippen LogP contribution in [-0.2, 0) is 9.31 Å². The molecule has 0 aromatic carbocycles. The lowest BCUT2D eigenvalue weighted by atomic mass is 9.76. The summed E-state index contributed by atoms with van der Waals surface area (Å²) in [6, 6.07) is 0. The molecule has 1 atom stereocenters. The summed E-state index contributed by atoms with van der Waals surface area (Å²) in [6.07, 6.45) is 9.14. The van der Waals surface area contributed by atoms with Crippen LogP contribution < -0.4 is 0 Å². The minimum atomic E-state index is -0.182. The van der Waals surface area contributed by atoms with Crippen molar-refractivity contribution < 1.29 is 9.31 Å². The molecule has 0 aromatic heterocycles. The van der Waals surface area contributed by atoms with Crippen molar-refractivity contribution in [2.45, 2.75) is 97.6 Å². The first-order chi connectivity index (χ1) is 8.78. The molecular weight excluding hydrogens is 235 g/mol. The van der Waals surface area contributed by atoms with Gasteiger partial charge in [0.1, 0.15) is 0 Å². The molecule has 0 aromatic rings. The Balaban J connectivity index is 2.21. The third-order valence-electron chi connectivity index (χ3n) is 4.70. The van der Waals surface area contributed by atoms with Crippen molar-refractivity contribution in [1.82, 2.24) is 0 Å². The Kier molecular flexibility index (Phi) is 6.39. The average Bonchev–Trinajstić information content (AvgIpc) is 2.46. The smallest absolute Gasteiger partial charge is 0.403 e. The normalized spacial score (nSPS) is 22.7. The van der Waals surface area contributed by atoms with Gasteiger partial charge in [-0.05, 0) is 39.9 Å². The van der Waals surface area contributed by atoms with Gasteiger partial charge in [-0.3, -0.25) is 0 Å². The molecule has 1 unspecified atom stereocenters. The van der Waals surface area contributed by atoms with Gasteiger partial charge in [0.05, 0.1) is 11.2 Å². The maximum atomic E-state index is 6.06. The second-order valence-corrected chi connectivity index (χ2v) is 7.23. The van der Waals surface area contributed by atoms with Crippen molar-refractivity contribution in [1.29, 1.82) is 0 Å². The highest BCUT2D eigenvalue weighted by Crippen LogP contribution is 2.38. The topological polar surface area (TPSA) is 18.5 Å². The lowest BCUT2D eigenvalue weighted by Gasteiger charge is -2.32. The van der Waals surface area contributed by atoms with E-state index in [1.165, 1.54) is 38.5 Å². The summed E-state index contributed by atoms with van der Waals surface area (Å²) in [4.78, 5) is 0. The van der Waals surface area contributed by atoms with E-state index in [1.54, 1.807) is 0 Å². The zero-order valence-electron chi connectivity index (χ0n) is 13.9. The summed E-state index contributed by atoms with van der Waals surface area (Å²) in [6.45, 7) is 13.1. The monoisotopic (exact) mass is 268 g/mol. The van der Waals surface area contributed by atoms with Crippen LogP contribution in [0.15, 0.2) is 0 Å². The van der Waals surface area contributed by atoms with E-state index >= 15 is 0 Å². The predicted molar refractivity (Wildman–Crippen MR) is 83.4 cm³/mol. The Hall–Kier alpha value is -0.0151. The molecular formula is C16H33BO2. The van der Waals surface area contributed by atoms with Gasteiger partial charge in [0.2, 0.25) is 0 Å². The predicted octanol–water partition coefficient (Wildman–Crippen LogP) is 5.08. The van der Waals surface area contributed by atoms with E-state index in [9.17, 15) is 0 Å². The van der Waals surface area contributed by atoms with Gasteiger partial charge in [0.15, 0.2) is 0 Å². The first kappa shape index (κ1) is 17.0. The van der Waals surface area contributed by atoms with Crippen LogP contribution in [0.2, 0.25) is 6.32 Å². The van der Waals surface area contributed by atoms with Crippen LogP contribution in [0.3, 0.4) is 0 Å². The lowest BCUT2D eigenvalue weighted by Crippen LogP contribution is -2.41. The van der Waals surface area contributed by atoms with Crippen molar-refractivity contribution in [2.24, 2.45) is 5.92 Å². The molecule has 19 heavy (non-hydrogen) atoms. The molecule has 1 rings (SSSR count). The SMILES string of the molecule is CCCCCCCC(C)CB1OC(C)(C)C(C)(C)O1. The average molecular weight is 268 g/mol. The van der Waals surface area contributed by atoms with Crippen molar-refractivity contribution in [3.8, 4) is 0 Å². The Labute approximate surface area is 120 Å². The van der Waals surface area contributed by atoms with E-state index < -0.39 is 0 Å². The highest BCUT2D eigenvalue weighted by atomic mass is 16.7. The van der Waals surface area contributed by atoms with Gasteiger partial charge in [-0.15, -0.1) is 0 Å². The van der Waals surface area contributed by atoms with Crippen molar-refractivity contribution in [3.05, 3.63) is 0 Å². The van der Waals surface area contributed by atoms with Crippen molar-refractivity contribution >= 4 is 7.12 Å². The quantitative estimate of drug-likeness (QED) is 0.451. The largest absolute Gasteiger partial charge is 0.458 e. The zero-order chi connectivity index (χ0) is 14.5. The van der Waals surface area contributed by atoms with Crippen molar-refractivity contribution in [3.63, 3.8) is 0 Å². The molecule has 0 N–H and O–H groups in total. The molecule has 0 spiro atoms. The standard InChI is InChI=1S/C16H33BO2/c1-7-8-9-10-11-12-14(2)13-17-18-15(3,4)16(5,6)19-17/h14H,7-13H2,1-6H3. The Morgan fingerprint density at radius 3 is 1.95 bits per heavy atom. The molecule has 1 saturated heterocycles. The van der Waals surface area contributed by atoms with Crippen LogP contribution in [0.4, 0.5) is 0 Å². The summed E-state index contributed by atoms with van der Waals surface area (Å²) in [5.41, 5.74) is -0.364. The minimum Gasteiger partial charge on any atom is -0.403 e. The van der Waals surface area contributed by atoms with Gasteiger partial charge in [0.25, 0.3) is 0 Å². The molecule has 0 amide bonds. The van der Waals surface area contributed by atoms with E-state index in [0.717, 1.165) is 6.32 Å². The molecule has 1 aliphatic heterocycles. The summed E-state index contributed by atoms with van der Waals surface area (Å²) < 4.78 is 12.1. The Bertz CT molecular complexity index is 247. The third-order valence-corrected chi connectivity index (χ3v) is 4.70. The molecule has 1 fully saturated rings. The Morgan fingerprint density at radius 2 is 1.42 bits per heavy atom. The number of hydrogen-bond acceptors (Lipinski definition) is 2. The molecule has 3 heteroatoms. The first-order valence-electron chi connectivity index (χ1n) is 8.14. The molecule has 0 aliphatic carbocycles. The molecule has 1 heterocycles. The first-order valence-corrected chi connectivity index (χ1v) is 8.14. The molecule has 0 saturated carbocycles. The van der Waals surface area contributed by atoms with E-state index in [1.807, 2.05) is 0 Å². The second kappa shape index (κ2) is 7.13. The molecule has 1 aliphatic rings. The van der Waals surface area contributed by atoms with Crippen molar-refractivity contribution in [2.75, 3.05) is 0 Å². The number of rotatable bonds is 8. The molecule has 0 radical (unpaired) electrons. The third kappa shape index (κ3) is 5.11. The summed E-state index contributed by atoms with van der Waals surface area (Å²) >= 11 is 0. The molecule has 2 nitrogen and oxygen atoms in total. The van der Waals surface area contributed by atoms with Gasteiger partial charge in [0, 0.05) is 0 Å². The van der Waals surface area contributed by atoms with Crippen LogP contribution in [0.25, 0.3) is 0 Å². The lowest BCUT2D eigenvalue weighted by molar-refractivity contribution is 0.00578. The van der Waals surface area contributed by atoms with Crippen LogP contribution in [0, 0.1) is 5.92 Å².